The smallest absolute Gasteiger partial charge is 0.333 e. The molecule has 354 valence electrons. The van der Waals surface area contributed by atoms with E-state index < -0.39 is 46.8 Å². The van der Waals surface area contributed by atoms with Gasteiger partial charge in [-0.25, -0.2) is 4.79 Å². The van der Waals surface area contributed by atoms with E-state index in [1.807, 2.05) is 60.7 Å². The zero-order chi connectivity index (χ0) is 46.5. The average molecular weight is 891 g/mol. The van der Waals surface area contributed by atoms with Crippen LogP contribution < -0.4 is 5.32 Å². The third-order valence-electron chi connectivity index (χ3n) is 11.5. The number of unbranched alkanes of at least 4 members (excludes halogenated alkanes) is 15. The first-order valence-corrected chi connectivity index (χ1v) is 23.9. The Morgan fingerprint density at radius 2 is 0.984 bits per heavy atom. The van der Waals surface area contributed by atoms with E-state index in [-0.39, 0.29) is 64.1 Å². The van der Waals surface area contributed by atoms with Gasteiger partial charge >= 0.3 is 23.9 Å². The number of carbonyl (C=O) groups excluding carboxylic acids is 7. The Bertz CT molecular complexity index is 1720. The highest BCUT2D eigenvalue weighted by atomic mass is 16.7. The van der Waals surface area contributed by atoms with E-state index in [1.165, 1.54) is 39.5 Å². The van der Waals surface area contributed by atoms with Crippen molar-refractivity contribution in [3.63, 3.8) is 0 Å². The van der Waals surface area contributed by atoms with E-state index in [0.29, 0.717) is 24.3 Å². The summed E-state index contributed by atoms with van der Waals surface area (Å²) in [5.41, 5.74) is -1.26. The fourth-order valence-electron chi connectivity index (χ4n) is 7.75. The second-order valence-electron chi connectivity index (χ2n) is 17.5. The maximum Gasteiger partial charge on any atom is 0.333 e. The van der Waals surface area contributed by atoms with E-state index in [9.17, 15) is 33.6 Å². The molecule has 2 aromatic carbocycles. The summed E-state index contributed by atoms with van der Waals surface area (Å²) in [6.07, 6.45) is 17.2. The average Bonchev–Trinajstić information content (AvgIpc) is 3.59. The molecule has 1 unspecified atom stereocenters. The largest absolute Gasteiger partial charge is 0.461 e. The first kappa shape index (κ1) is 53.3. The van der Waals surface area contributed by atoms with E-state index in [0.717, 1.165) is 81.8 Å². The number of amides is 3. The summed E-state index contributed by atoms with van der Waals surface area (Å²) in [5, 5.41) is 3.32. The molecule has 2 aromatic rings. The first-order chi connectivity index (χ1) is 30.8. The number of hydroxylamine groups is 2. The lowest BCUT2D eigenvalue weighted by Crippen LogP contribution is -2.55. The number of nitrogens with one attached hydrogen (secondary N) is 1. The summed E-state index contributed by atoms with van der Waals surface area (Å²) in [5.74, 6) is -4.05. The second-order valence-corrected chi connectivity index (χ2v) is 17.5. The van der Waals surface area contributed by atoms with Gasteiger partial charge in [-0.3, -0.25) is 28.8 Å². The number of benzene rings is 2. The van der Waals surface area contributed by atoms with Gasteiger partial charge in [-0.1, -0.05) is 170 Å². The maximum atomic E-state index is 14.6. The third-order valence-corrected chi connectivity index (χ3v) is 11.5. The Kier molecular flexibility index (Phi) is 25.1. The summed E-state index contributed by atoms with van der Waals surface area (Å²) in [7, 11) is 0. The lowest BCUT2D eigenvalue weighted by molar-refractivity contribution is -0.197. The number of rotatable bonds is 34. The number of imide groups is 1. The highest BCUT2D eigenvalue weighted by molar-refractivity contribution is 6.03. The van der Waals surface area contributed by atoms with Crippen LogP contribution in [0, 0.1) is 5.41 Å². The van der Waals surface area contributed by atoms with Crippen LogP contribution in [-0.2, 0) is 65.8 Å². The minimum atomic E-state index is -1.52. The molecule has 1 aliphatic rings. The molecule has 0 bridgehead atoms. The SMILES string of the molecule is CCCCCCCCCCCC(CCCCCCCCCCC(=O)OCc1ccccc1)(C(=O)NC(C)(C)OC(=O)CCCC(=O)ON1C(=O)CCC1=O)C(=O)OCc1ccccc1. The first-order valence-electron chi connectivity index (χ1n) is 23.9. The third kappa shape index (κ3) is 21.1. The van der Waals surface area contributed by atoms with Gasteiger partial charge in [-0.2, -0.15) is 0 Å². The van der Waals surface area contributed by atoms with E-state index in [4.69, 9.17) is 19.0 Å². The predicted octanol–water partition coefficient (Wildman–Crippen LogP) is 10.5. The molecule has 0 radical (unpaired) electrons. The minimum Gasteiger partial charge on any atom is -0.461 e. The molecule has 1 heterocycles. The normalized spacial score (nSPS) is 13.6. The molecule has 1 N–H and O–H groups in total. The molecule has 0 saturated carbocycles. The molecule has 64 heavy (non-hydrogen) atoms. The number of hydrogen-bond donors (Lipinski definition) is 1. The zero-order valence-electron chi connectivity index (χ0n) is 38.8. The van der Waals surface area contributed by atoms with E-state index in [2.05, 4.69) is 12.2 Å². The molecular formula is C51H74N2O11. The molecule has 1 atom stereocenters. The Hall–Kier alpha value is -5.07. The summed E-state index contributed by atoms with van der Waals surface area (Å²) in [4.78, 5) is 94.8. The van der Waals surface area contributed by atoms with Gasteiger partial charge in [0.25, 0.3) is 11.8 Å². The number of hydrogen-bond acceptors (Lipinski definition) is 11. The van der Waals surface area contributed by atoms with Crippen LogP contribution in [0.2, 0.25) is 0 Å². The van der Waals surface area contributed by atoms with Gasteiger partial charge in [0.05, 0.1) is 0 Å². The second kappa shape index (κ2) is 30.1. The minimum absolute atomic E-state index is 0.0120. The molecule has 1 fully saturated rings. The van der Waals surface area contributed by atoms with Crippen LogP contribution in [0.25, 0.3) is 0 Å². The van der Waals surface area contributed by atoms with Gasteiger partial charge in [0.15, 0.2) is 5.72 Å². The van der Waals surface area contributed by atoms with E-state index in [1.54, 1.807) is 0 Å². The fourth-order valence-corrected chi connectivity index (χ4v) is 7.75. The van der Waals surface area contributed by atoms with Crippen molar-refractivity contribution in [1.82, 2.24) is 10.4 Å². The molecule has 3 amide bonds. The summed E-state index contributed by atoms with van der Waals surface area (Å²) in [6, 6.07) is 19.0. The maximum absolute atomic E-state index is 14.6. The van der Waals surface area contributed by atoms with Gasteiger partial charge in [-0.05, 0) is 50.7 Å². The van der Waals surface area contributed by atoms with Gasteiger partial charge in [0, 0.05) is 32.1 Å². The molecule has 0 aromatic heterocycles. The zero-order valence-corrected chi connectivity index (χ0v) is 38.8. The number of ether oxygens (including phenoxy) is 3. The quantitative estimate of drug-likeness (QED) is 0.0177. The molecule has 3 rings (SSSR count). The van der Waals surface area contributed by atoms with Crippen LogP contribution in [-0.4, -0.2) is 52.4 Å². The van der Waals surface area contributed by atoms with Crippen molar-refractivity contribution in [3.05, 3.63) is 71.8 Å². The molecular weight excluding hydrogens is 817 g/mol. The molecule has 13 nitrogen and oxygen atoms in total. The van der Waals surface area contributed by atoms with Gasteiger partial charge in [0.2, 0.25) is 5.91 Å². The Morgan fingerprint density at radius 1 is 0.547 bits per heavy atom. The summed E-state index contributed by atoms with van der Waals surface area (Å²) < 4.78 is 17.0. The molecule has 0 spiro atoms. The highest BCUT2D eigenvalue weighted by Crippen LogP contribution is 2.36. The van der Waals surface area contributed by atoms with Gasteiger partial charge in [0.1, 0.15) is 18.6 Å². The van der Waals surface area contributed by atoms with Crippen LogP contribution in [0.5, 0.6) is 0 Å². The highest BCUT2D eigenvalue weighted by Gasteiger charge is 2.48. The van der Waals surface area contributed by atoms with Crippen LogP contribution in [0.3, 0.4) is 0 Å². The fraction of sp³-hybridized carbons (Fsp3) is 0.627. The Labute approximate surface area is 381 Å². The molecule has 1 saturated heterocycles. The Balaban J connectivity index is 1.58. The van der Waals surface area contributed by atoms with E-state index >= 15 is 0 Å². The van der Waals surface area contributed by atoms with Crippen molar-refractivity contribution < 1.29 is 52.6 Å². The number of esters is 3. The van der Waals surface area contributed by atoms with Crippen molar-refractivity contribution in [2.75, 3.05) is 0 Å². The van der Waals surface area contributed by atoms with Gasteiger partial charge in [-0.15, -0.1) is 5.06 Å². The summed E-state index contributed by atoms with van der Waals surface area (Å²) in [6.45, 7) is 5.57. The van der Waals surface area contributed by atoms with Crippen molar-refractivity contribution in [2.24, 2.45) is 5.41 Å². The van der Waals surface area contributed by atoms with Crippen molar-refractivity contribution in [2.45, 2.75) is 200 Å². The lowest BCUT2D eigenvalue weighted by atomic mass is 9.76. The topological polar surface area (TPSA) is 172 Å². The van der Waals surface area contributed by atoms with Gasteiger partial charge < -0.3 is 24.4 Å². The predicted molar refractivity (Wildman–Crippen MR) is 242 cm³/mol. The molecule has 13 heteroatoms. The monoisotopic (exact) mass is 891 g/mol. The molecule has 0 aliphatic carbocycles. The summed E-state index contributed by atoms with van der Waals surface area (Å²) >= 11 is 0. The van der Waals surface area contributed by atoms with Crippen LogP contribution >= 0.6 is 0 Å². The Morgan fingerprint density at radius 3 is 1.50 bits per heavy atom. The van der Waals surface area contributed by atoms with Crippen molar-refractivity contribution in [1.29, 1.82) is 0 Å². The standard InChI is InChI=1S/C51H74N2O11/c1-4-5-6-7-8-10-13-16-25-37-51(49(60)62-40-42-30-22-19-23-31-42,38-26-17-14-11-9-12-15-24-32-45(56)61-39-41-28-20-18-21-29-41)48(59)52-50(2,3)63-46(57)33-27-34-47(58)64-53-43(54)35-36-44(53)55/h18-23,28-31H,4-17,24-27,32-40H2,1-3H3,(H,52,59). The van der Waals surface area contributed by atoms with Crippen molar-refractivity contribution in [3.8, 4) is 0 Å². The molecule has 1 aliphatic heterocycles. The van der Waals surface area contributed by atoms with Crippen LogP contribution in [0.15, 0.2) is 60.7 Å². The number of nitrogens with zero attached hydrogens (tertiary/aromatic N) is 1. The van der Waals surface area contributed by atoms with Crippen LogP contribution in [0.1, 0.15) is 192 Å². The van der Waals surface area contributed by atoms with Crippen LogP contribution in [0.4, 0.5) is 0 Å². The lowest BCUT2D eigenvalue weighted by Gasteiger charge is -2.35. The van der Waals surface area contributed by atoms with Crippen molar-refractivity contribution >= 4 is 41.6 Å². The number of carbonyl (C=O) groups is 7.